The van der Waals surface area contributed by atoms with Crippen LogP contribution in [0.5, 0.6) is 0 Å². The Hall–Kier alpha value is -1.85. The van der Waals surface area contributed by atoms with Crippen LogP contribution in [0.15, 0.2) is 53.9 Å². The quantitative estimate of drug-likeness (QED) is 0.694. The number of aromatic nitrogens is 4. The summed E-state index contributed by atoms with van der Waals surface area (Å²) in [5.41, 5.74) is 3.58. The number of halogens is 1. The Balaban J connectivity index is 0.00000156. The van der Waals surface area contributed by atoms with Gasteiger partial charge in [0.1, 0.15) is 5.69 Å². The number of nitrogens with one attached hydrogen (secondary N) is 1. The van der Waals surface area contributed by atoms with Gasteiger partial charge in [-0.05, 0) is 43.0 Å². The number of hydrogen-bond donors (Lipinski definition) is 1. The van der Waals surface area contributed by atoms with Crippen LogP contribution in [0.25, 0.3) is 22.8 Å². The molecule has 4 nitrogen and oxygen atoms in total. The Morgan fingerprint density at radius 3 is 2.30 bits per heavy atom. The second-order valence-corrected chi connectivity index (χ2v) is 6.46. The first-order valence-corrected chi connectivity index (χ1v) is 8.44. The Bertz CT molecular complexity index is 700. The zero-order valence-electron chi connectivity index (χ0n) is 12.5. The fourth-order valence-corrected chi connectivity index (χ4v) is 3.34. The molecule has 1 fully saturated rings. The lowest BCUT2D eigenvalue weighted by Gasteiger charge is -2.00. The third-order valence-corrected chi connectivity index (χ3v) is 4.77. The molecule has 6 heteroatoms. The van der Waals surface area contributed by atoms with Crippen molar-refractivity contribution in [3.8, 4) is 22.8 Å². The highest BCUT2D eigenvalue weighted by Gasteiger charge is 2.23. The molecule has 0 bridgehead atoms. The van der Waals surface area contributed by atoms with Gasteiger partial charge in [-0.2, -0.15) is 0 Å². The van der Waals surface area contributed by atoms with Crippen LogP contribution in [0.4, 0.5) is 0 Å². The van der Waals surface area contributed by atoms with Crippen LogP contribution in [0.1, 0.15) is 12.8 Å². The summed E-state index contributed by atoms with van der Waals surface area (Å²) in [6.07, 6.45) is 6.31. The van der Waals surface area contributed by atoms with E-state index in [1.54, 1.807) is 24.2 Å². The smallest absolute Gasteiger partial charge is 0.166 e. The molecule has 4 rings (SSSR count). The van der Waals surface area contributed by atoms with Gasteiger partial charge in [0.2, 0.25) is 0 Å². The van der Waals surface area contributed by atoms with E-state index < -0.39 is 0 Å². The summed E-state index contributed by atoms with van der Waals surface area (Å²) in [6, 6.07) is 11.8. The van der Waals surface area contributed by atoms with E-state index in [9.17, 15) is 0 Å². The summed E-state index contributed by atoms with van der Waals surface area (Å²) in [7, 11) is 0. The molecule has 3 heterocycles. The first kappa shape index (κ1) is 16.0. The summed E-state index contributed by atoms with van der Waals surface area (Å²) in [6.45, 7) is 0. The van der Waals surface area contributed by atoms with Gasteiger partial charge in [-0.15, -0.1) is 12.4 Å². The SMILES string of the molecule is Cl.c1ccc(-c2nc(SCC3CC3)[nH]c2-c2ccccn2)nc1. The van der Waals surface area contributed by atoms with Crippen molar-refractivity contribution in [2.75, 3.05) is 5.75 Å². The molecule has 0 atom stereocenters. The molecular formula is C17H17ClN4S. The Kier molecular flexibility index (Phi) is 4.98. The minimum absolute atomic E-state index is 0. The fourth-order valence-electron chi connectivity index (χ4n) is 2.29. The molecule has 0 aliphatic heterocycles. The first-order valence-electron chi connectivity index (χ1n) is 7.46. The van der Waals surface area contributed by atoms with Crippen molar-refractivity contribution >= 4 is 24.2 Å². The van der Waals surface area contributed by atoms with Crippen molar-refractivity contribution in [3.63, 3.8) is 0 Å². The Morgan fingerprint density at radius 2 is 1.70 bits per heavy atom. The van der Waals surface area contributed by atoms with Gasteiger partial charge in [-0.1, -0.05) is 23.9 Å². The summed E-state index contributed by atoms with van der Waals surface area (Å²) in [5.74, 6) is 2.00. The van der Waals surface area contributed by atoms with Crippen molar-refractivity contribution in [1.29, 1.82) is 0 Å². The zero-order valence-corrected chi connectivity index (χ0v) is 14.1. The number of nitrogens with zero attached hydrogens (tertiary/aromatic N) is 3. The van der Waals surface area contributed by atoms with Crippen LogP contribution in [-0.4, -0.2) is 25.7 Å². The van der Waals surface area contributed by atoms with Crippen LogP contribution < -0.4 is 0 Å². The number of hydrogen-bond acceptors (Lipinski definition) is 4. The summed E-state index contributed by atoms with van der Waals surface area (Å²) < 4.78 is 0. The molecule has 1 aliphatic carbocycles. The van der Waals surface area contributed by atoms with Crippen molar-refractivity contribution in [2.24, 2.45) is 5.92 Å². The minimum atomic E-state index is 0. The number of aromatic amines is 1. The molecule has 0 saturated heterocycles. The van der Waals surface area contributed by atoms with Gasteiger partial charge >= 0.3 is 0 Å². The van der Waals surface area contributed by atoms with Gasteiger partial charge in [-0.25, -0.2) is 4.98 Å². The van der Waals surface area contributed by atoms with E-state index in [2.05, 4.69) is 15.0 Å². The van der Waals surface area contributed by atoms with Gasteiger partial charge in [0.15, 0.2) is 5.16 Å². The average molecular weight is 345 g/mol. The molecule has 1 N–H and O–H groups in total. The summed E-state index contributed by atoms with van der Waals surface area (Å²) in [4.78, 5) is 17.1. The maximum Gasteiger partial charge on any atom is 0.166 e. The van der Waals surface area contributed by atoms with E-state index in [1.165, 1.54) is 12.8 Å². The second-order valence-electron chi connectivity index (χ2n) is 5.45. The van der Waals surface area contributed by atoms with Crippen LogP contribution in [0.3, 0.4) is 0 Å². The molecule has 0 aromatic carbocycles. The molecular weight excluding hydrogens is 328 g/mol. The van der Waals surface area contributed by atoms with Crippen LogP contribution >= 0.6 is 24.2 Å². The highest BCUT2D eigenvalue weighted by molar-refractivity contribution is 7.99. The first-order chi connectivity index (χ1) is 10.9. The molecule has 3 aromatic heterocycles. The van der Waals surface area contributed by atoms with Crippen molar-refractivity contribution in [1.82, 2.24) is 19.9 Å². The maximum absolute atomic E-state index is 4.76. The van der Waals surface area contributed by atoms with Gasteiger partial charge in [-0.3, -0.25) is 9.97 Å². The number of thioether (sulfide) groups is 1. The third-order valence-electron chi connectivity index (χ3n) is 3.66. The predicted octanol–water partition coefficient (Wildman–Crippen LogP) is 4.46. The van der Waals surface area contributed by atoms with Crippen molar-refractivity contribution in [3.05, 3.63) is 48.8 Å². The van der Waals surface area contributed by atoms with E-state index >= 15 is 0 Å². The molecule has 0 unspecified atom stereocenters. The lowest BCUT2D eigenvalue weighted by Crippen LogP contribution is -1.88. The average Bonchev–Trinajstić information content (AvgIpc) is 3.32. The van der Waals surface area contributed by atoms with Crippen LogP contribution in [-0.2, 0) is 0 Å². The van der Waals surface area contributed by atoms with E-state index in [4.69, 9.17) is 4.98 Å². The monoisotopic (exact) mass is 344 g/mol. The van der Waals surface area contributed by atoms with E-state index in [1.807, 2.05) is 36.4 Å². The maximum atomic E-state index is 4.76. The number of imidazole rings is 1. The number of rotatable bonds is 5. The molecule has 0 amide bonds. The molecule has 1 aliphatic rings. The summed E-state index contributed by atoms with van der Waals surface area (Å²) >= 11 is 1.79. The molecule has 118 valence electrons. The Labute approximate surface area is 145 Å². The molecule has 23 heavy (non-hydrogen) atoms. The van der Waals surface area contributed by atoms with E-state index in [0.29, 0.717) is 0 Å². The molecule has 1 saturated carbocycles. The van der Waals surface area contributed by atoms with Crippen molar-refractivity contribution in [2.45, 2.75) is 18.0 Å². The zero-order chi connectivity index (χ0) is 14.8. The molecule has 0 radical (unpaired) electrons. The predicted molar refractivity (Wildman–Crippen MR) is 95.7 cm³/mol. The third kappa shape index (κ3) is 3.74. The lowest BCUT2D eigenvalue weighted by molar-refractivity contribution is 0.982. The van der Waals surface area contributed by atoms with Crippen LogP contribution in [0, 0.1) is 5.92 Å². The minimum Gasteiger partial charge on any atom is -0.331 e. The largest absolute Gasteiger partial charge is 0.331 e. The Morgan fingerprint density at radius 1 is 1.00 bits per heavy atom. The molecule has 0 spiro atoms. The topological polar surface area (TPSA) is 54.5 Å². The van der Waals surface area contributed by atoms with E-state index in [0.717, 1.165) is 39.6 Å². The standard InChI is InChI=1S/C17H16N4S.ClH/c1-3-9-18-13(5-1)15-16(14-6-2-4-10-19-14)21-17(20-15)22-11-12-7-8-12;/h1-6,9-10,12H,7-8,11H2,(H,20,21);1H. The lowest BCUT2D eigenvalue weighted by atomic mass is 10.2. The van der Waals surface area contributed by atoms with Gasteiger partial charge in [0.05, 0.1) is 17.1 Å². The van der Waals surface area contributed by atoms with Crippen molar-refractivity contribution < 1.29 is 0 Å². The van der Waals surface area contributed by atoms with Gasteiger partial charge in [0, 0.05) is 18.1 Å². The highest BCUT2D eigenvalue weighted by Crippen LogP contribution is 2.36. The van der Waals surface area contributed by atoms with Gasteiger partial charge < -0.3 is 4.98 Å². The highest BCUT2D eigenvalue weighted by atomic mass is 35.5. The second kappa shape index (κ2) is 7.15. The number of pyridine rings is 2. The number of H-pyrrole nitrogens is 1. The van der Waals surface area contributed by atoms with Gasteiger partial charge in [0.25, 0.3) is 0 Å². The van der Waals surface area contributed by atoms with E-state index in [-0.39, 0.29) is 12.4 Å². The normalized spacial score (nSPS) is 13.6. The fraction of sp³-hybridized carbons (Fsp3) is 0.235. The molecule has 3 aromatic rings. The van der Waals surface area contributed by atoms with Crippen LogP contribution in [0.2, 0.25) is 0 Å². The summed E-state index contributed by atoms with van der Waals surface area (Å²) in [5, 5.41) is 0.952.